The minimum absolute atomic E-state index is 0.415. The Morgan fingerprint density at radius 1 is 1.50 bits per heavy atom. The number of amides is 1. The molecule has 0 aromatic heterocycles. The van der Waals surface area contributed by atoms with Crippen molar-refractivity contribution in [2.75, 3.05) is 23.7 Å². The zero-order chi connectivity index (χ0) is 11.7. The van der Waals surface area contributed by atoms with Crippen molar-refractivity contribution in [3.05, 3.63) is 23.8 Å². The zero-order valence-electron chi connectivity index (χ0n) is 9.44. The van der Waals surface area contributed by atoms with Gasteiger partial charge in [-0.3, -0.25) is 4.79 Å². The fraction of sp³-hybridized carbons (Fsp3) is 0.417. The lowest BCUT2D eigenvalue weighted by molar-refractivity contribution is 0.100. The standard InChI is InChI=1S/C12H17N3O/c1-8-4-5-15(7-8)11-3-2-9(13)6-10(11)12(14)16/h2-3,6,8H,4-5,7,13H2,1H3,(H2,14,16). The third-order valence-corrected chi connectivity index (χ3v) is 3.05. The van der Waals surface area contributed by atoms with Crippen LogP contribution < -0.4 is 16.4 Å². The largest absolute Gasteiger partial charge is 0.399 e. The first-order valence-electron chi connectivity index (χ1n) is 5.52. The van der Waals surface area contributed by atoms with Gasteiger partial charge in [-0.05, 0) is 30.5 Å². The zero-order valence-corrected chi connectivity index (χ0v) is 9.44. The first kappa shape index (κ1) is 10.8. The maximum atomic E-state index is 11.4. The Bertz CT molecular complexity index is 417. The van der Waals surface area contributed by atoms with Crippen molar-refractivity contribution in [3.8, 4) is 0 Å². The van der Waals surface area contributed by atoms with Crippen molar-refractivity contribution in [2.24, 2.45) is 11.7 Å². The lowest BCUT2D eigenvalue weighted by Gasteiger charge is -2.20. The average Bonchev–Trinajstić information content (AvgIpc) is 2.64. The Labute approximate surface area is 95.2 Å². The molecule has 1 unspecified atom stereocenters. The molecule has 1 saturated heterocycles. The number of nitrogens with two attached hydrogens (primary N) is 2. The van der Waals surface area contributed by atoms with Crippen molar-refractivity contribution in [1.82, 2.24) is 0 Å². The van der Waals surface area contributed by atoms with Gasteiger partial charge in [0.1, 0.15) is 0 Å². The van der Waals surface area contributed by atoms with E-state index in [0.717, 1.165) is 25.2 Å². The molecule has 4 N–H and O–H groups in total. The number of carbonyl (C=O) groups excluding carboxylic acids is 1. The van der Waals surface area contributed by atoms with E-state index < -0.39 is 5.91 Å². The monoisotopic (exact) mass is 219 g/mol. The van der Waals surface area contributed by atoms with Gasteiger partial charge in [-0.25, -0.2) is 0 Å². The highest BCUT2D eigenvalue weighted by Gasteiger charge is 2.22. The smallest absolute Gasteiger partial charge is 0.250 e. The van der Waals surface area contributed by atoms with Gasteiger partial charge in [0.25, 0.3) is 5.91 Å². The minimum atomic E-state index is -0.415. The molecule has 0 saturated carbocycles. The Hall–Kier alpha value is -1.71. The van der Waals surface area contributed by atoms with Crippen molar-refractivity contribution >= 4 is 17.3 Å². The van der Waals surface area contributed by atoms with Crippen LogP contribution in [0.25, 0.3) is 0 Å². The summed E-state index contributed by atoms with van der Waals surface area (Å²) in [5.74, 6) is 0.250. The molecule has 1 aliphatic heterocycles. The number of nitrogens with zero attached hydrogens (tertiary/aromatic N) is 1. The summed E-state index contributed by atoms with van der Waals surface area (Å²) in [6, 6.07) is 5.35. The topological polar surface area (TPSA) is 72.3 Å². The molecule has 1 aromatic carbocycles. The van der Waals surface area contributed by atoms with E-state index >= 15 is 0 Å². The third kappa shape index (κ3) is 1.96. The SMILES string of the molecule is CC1CCN(c2ccc(N)cc2C(N)=O)C1. The molecule has 1 aliphatic rings. The van der Waals surface area contributed by atoms with E-state index in [4.69, 9.17) is 11.5 Å². The van der Waals surface area contributed by atoms with Gasteiger partial charge in [-0.15, -0.1) is 0 Å². The maximum absolute atomic E-state index is 11.4. The van der Waals surface area contributed by atoms with E-state index in [1.54, 1.807) is 6.07 Å². The van der Waals surface area contributed by atoms with E-state index in [9.17, 15) is 4.79 Å². The molecule has 0 aliphatic carbocycles. The molecule has 1 heterocycles. The van der Waals surface area contributed by atoms with Crippen LogP contribution in [0.3, 0.4) is 0 Å². The van der Waals surface area contributed by atoms with Crippen LogP contribution >= 0.6 is 0 Å². The fourth-order valence-electron chi connectivity index (χ4n) is 2.18. The molecule has 1 fully saturated rings. The second kappa shape index (κ2) is 4.04. The number of nitrogen functional groups attached to an aromatic ring is 1. The molecule has 0 radical (unpaired) electrons. The number of benzene rings is 1. The van der Waals surface area contributed by atoms with Crippen molar-refractivity contribution in [1.29, 1.82) is 0 Å². The first-order chi connectivity index (χ1) is 7.58. The number of carbonyl (C=O) groups is 1. The van der Waals surface area contributed by atoms with Gasteiger partial charge in [0.05, 0.1) is 5.56 Å². The second-order valence-corrected chi connectivity index (χ2v) is 4.48. The fourth-order valence-corrected chi connectivity index (χ4v) is 2.18. The van der Waals surface area contributed by atoms with Gasteiger partial charge in [-0.1, -0.05) is 6.92 Å². The minimum Gasteiger partial charge on any atom is -0.399 e. The lowest BCUT2D eigenvalue weighted by atomic mass is 10.1. The van der Waals surface area contributed by atoms with E-state index in [1.807, 2.05) is 12.1 Å². The van der Waals surface area contributed by atoms with Crippen LogP contribution in [-0.2, 0) is 0 Å². The maximum Gasteiger partial charge on any atom is 0.250 e. The second-order valence-electron chi connectivity index (χ2n) is 4.48. The Morgan fingerprint density at radius 2 is 2.25 bits per heavy atom. The molecule has 1 aromatic rings. The summed E-state index contributed by atoms with van der Waals surface area (Å²) in [4.78, 5) is 13.6. The van der Waals surface area contributed by atoms with Gasteiger partial charge < -0.3 is 16.4 Å². The molecule has 86 valence electrons. The molecule has 4 heteroatoms. The Kier molecular flexibility index (Phi) is 2.73. The van der Waals surface area contributed by atoms with Crippen LogP contribution in [0, 0.1) is 5.92 Å². The molecule has 0 bridgehead atoms. The van der Waals surface area contributed by atoms with Gasteiger partial charge in [0.2, 0.25) is 0 Å². The van der Waals surface area contributed by atoms with Gasteiger partial charge in [0, 0.05) is 24.5 Å². The van der Waals surface area contributed by atoms with Gasteiger partial charge in [-0.2, -0.15) is 0 Å². The van der Waals surface area contributed by atoms with E-state index in [0.29, 0.717) is 17.2 Å². The molecule has 2 rings (SSSR count). The van der Waals surface area contributed by atoms with Crippen molar-refractivity contribution in [3.63, 3.8) is 0 Å². The first-order valence-corrected chi connectivity index (χ1v) is 5.52. The summed E-state index contributed by atoms with van der Waals surface area (Å²) >= 11 is 0. The van der Waals surface area contributed by atoms with Crippen LogP contribution in [0.1, 0.15) is 23.7 Å². The Balaban J connectivity index is 2.36. The van der Waals surface area contributed by atoms with Crippen molar-refractivity contribution in [2.45, 2.75) is 13.3 Å². The van der Waals surface area contributed by atoms with Crippen LogP contribution in [0.2, 0.25) is 0 Å². The number of rotatable bonds is 2. The highest BCUT2D eigenvalue weighted by molar-refractivity contribution is 5.99. The van der Waals surface area contributed by atoms with Crippen LogP contribution in [0.5, 0.6) is 0 Å². The van der Waals surface area contributed by atoms with E-state index in [-0.39, 0.29) is 0 Å². The number of hydrogen-bond acceptors (Lipinski definition) is 3. The summed E-state index contributed by atoms with van der Waals surface area (Å²) in [6.45, 7) is 4.16. The quantitative estimate of drug-likeness (QED) is 0.734. The molecule has 1 atom stereocenters. The summed E-state index contributed by atoms with van der Waals surface area (Å²) in [5, 5.41) is 0. The predicted octanol–water partition coefficient (Wildman–Crippen LogP) is 1.21. The molecule has 16 heavy (non-hydrogen) atoms. The van der Waals surface area contributed by atoms with Crippen LogP contribution in [0.4, 0.5) is 11.4 Å². The summed E-state index contributed by atoms with van der Waals surface area (Å²) < 4.78 is 0. The lowest BCUT2D eigenvalue weighted by Crippen LogP contribution is -2.24. The third-order valence-electron chi connectivity index (χ3n) is 3.05. The molecule has 4 nitrogen and oxygen atoms in total. The van der Waals surface area contributed by atoms with E-state index in [1.165, 1.54) is 0 Å². The summed E-state index contributed by atoms with van der Waals surface area (Å²) in [5.41, 5.74) is 13.0. The van der Waals surface area contributed by atoms with Gasteiger partial charge >= 0.3 is 0 Å². The van der Waals surface area contributed by atoms with Crippen LogP contribution in [0.15, 0.2) is 18.2 Å². The molecule has 1 amide bonds. The molecular weight excluding hydrogens is 202 g/mol. The molecule has 0 spiro atoms. The number of anilines is 2. The normalized spacial score (nSPS) is 20.1. The predicted molar refractivity (Wildman–Crippen MR) is 65.4 cm³/mol. The molecular formula is C12H17N3O. The van der Waals surface area contributed by atoms with Crippen LogP contribution in [-0.4, -0.2) is 19.0 Å². The highest BCUT2D eigenvalue weighted by atomic mass is 16.1. The van der Waals surface area contributed by atoms with Crippen molar-refractivity contribution < 1.29 is 4.79 Å². The summed E-state index contributed by atoms with van der Waals surface area (Å²) in [6.07, 6.45) is 1.16. The average molecular weight is 219 g/mol. The summed E-state index contributed by atoms with van der Waals surface area (Å²) in [7, 11) is 0. The Morgan fingerprint density at radius 3 is 2.81 bits per heavy atom. The van der Waals surface area contributed by atoms with Gasteiger partial charge in [0.15, 0.2) is 0 Å². The highest BCUT2D eigenvalue weighted by Crippen LogP contribution is 2.28. The van der Waals surface area contributed by atoms with E-state index in [2.05, 4.69) is 11.8 Å². The number of hydrogen-bond donors (Lipinski definition) is 2. The number of primary amides is 1.